The van der Waals surface area contributed by atoms with Gasteiger partial charge in [0.25, 0.3) is 0 Å². The lowest BCUT2D eigenvalue weighted by atomic mass is 9.68. The van der Waals surface area contributed by atoms with Crippen molar-refractivity contribution < 1.29 is 13.5 Å². The smallest absolute Gasteiger partial charge is 0.201 e. The van der Waals surface area contributed by atoms with E-state index in [0.717, 1.165) is 55.4 Å². The molecule has 0 unspecified atom stereocenters. The molecule has 3 nitrogen and oxygen atoms in total. The van der Waals surface area contributed by atoms with E-state index >= 15 is 0 Å². The summed E-state index contributed by atoms with van der Waals surface area (Å²) in [5.41, 5.74) is 1.19. The van der Waals surface area contributed by atoms with E-state index in [1.54, 1.807) is 0 Å². The van der Waals surface area contributed by atoms with Crippen molar-refractivity contribution in [2.24, 2.45) is 17.8 Å². The van der Waals surface area contributed by atoms with Crippen molar-refractivity contribution in [3.63, 3.8) is 0 Å². The van der Waals surface area contributed by atoms with Crippen LogP contribution >= 0.6 is 0 Å². The van der Waals surface area contributed by atoms with Crippen molar-refractivity contribution >= 4 is 0 Å². The van der Waals surface area contributed by atoms with E-state index < -0.39 is 11.6 Å². The van der Waals surface area contributed by atoms with Crippen molar-refractivity contribution in [2.75, 3.05) is 6.61 Å². The Morgan fingerprint density at radius 1 is 0.838 bits per heavy atom. The monoisotopic (exact) mass is 510 g/mol. The first-order valence-corrected chi connectivity index (χ1v) is 14.7. The van der Waals surface area contributed by atoms with Gasteiger partial charge >= 0.3 is 0 Å². The topological polar surface area (TPSA) is 35.0 Å². The number of rotatable bonds is 11. The molecule has 2 saturated carbocycles. The first-order chi connectivity index (χ1) is 18.1. The molecule has 0 aliphatic heterocycles. The van der Waals surface area contributed by atoms with E-state index in [2.05, 4.69) is 36.0 Å². The molecule has 1 heterocycles. The maximum atomic E-state index is 14.8. The Morgan fingerprint density at radius 2 is 1.49 bits per heavy atom. The fourth-order valence-electron chi connectivity index (χ4n) is 6.40. The van der Waals surface area contributed by atoms with Gasteiger partial charge in [0, 0.05) is 12.4 Å². The summed E-state index contributed by atoms with van der Waals surface area (Å²) in [7, 11) is 0. The highest BCUT2D eigenvalue weighted by atomic mass is 19.2. The largest absolute Gasteiger partial charge is 0.490 e. The summed E-state index contributed by atoms with van der Waals surface area (Å²) < 4.78 is 35.0. The van der Waals surface area contributed by atoms with Gasteiger partial charge in [-0.25, -0.2) is 14.4 Å². The minimum atomic E-state index is -0.961. The van der Waals surface area contributed by atoms with Crippen LogP contribution in [-0.4, -0.2) is 16.6 Å². The minimum absolute atomic E-state index is 0.0413. The fraction of sp³-hybridized carbons (Fsp3) is 0.625. The van der Waals surface area contributed by atoms with Crippen LogP contribution in [0.4, 0.5) is 8.78 Å². The van der Waals surface area contributed by atoms with Crippen molar-refractivity contribution in [3.05, 3.63) is 53.9 Å². The van der Waals surface area contributed by atoms with E-state index in [-0.39, 0.29) is 17.1 Å². The van der Waals surface area contributed by atoms with E-state index in [1.807, 2.05) is 12.4 Å². The van der Waals surface area contributed by atoms with Gasteiger partial charge in [0.05, 0.1) is 12.2 Å². The maximum absolute atomic E-state index is 14.8. The minimum Gasteiger partial charge on any atom is -0.490 e. The van der Waals surface area contributed by atoms with Crippen LogP contribution in [0.25, 0.3) is 11.4 Å². The van der Waals surface area contributed by atoms with Gasteiger partial charge in [-0.15, -0.1) is 0 Å². The van der Waals surface area contributed by atoms with Gasteiger partial charge in [0.1, 0.15) is 0 Å². The number of ether oxygens (including phenoxy) is 1. The number of nitrogens with zero attached hydrogens (tertiary/aromatic N) is 2. The Labute approximate surface area is 222 Å². The molecule has 4 rings (SSSR count). The second kappa shape index (κ2) is 14.0. The number of benzene rings is 1. The van der Waals surface area contributed by atoms with Gasteiger partial charge in [-0.1, -0.05) is 44.8 Å². The zero-order chi connectivity index (χ0) is 26.0. The second-order valence-electron chi connectivity index (χ2n) is 11.2. The molecule has 2 aliphatic rings. The molecule has 1 aromatic heterocycles. The molecule has 0 saturated heterocycles. The van der Waals surface area contributed by atoms with Gasteiger partial charge < -0.3 is 4.74 Å². The zero-order valence-electron chi connectivity index (χ0n) is 22.7. The molecular weight excluding hydrogens is 466 g/mol. The lowest BCUT2D eigenvalue weighted by Gasteiger charge is -2.37. The molecule has 0 spiro atoms. The van der Waals surface area contributed by atoms with Crippen molar-refractivity contribution in [1.82, 2.24) is 9.97 Å². The Bertz CT molecular complexity index is 991. The lowest BCUT2D eigenvalue weighted by molar-refractivity contribution is 0.171. The number of allylic oxidation sites excluding steroid dienone is 2. The molecule has 0 bridgehead atoms. The molecule has 0 radical (unpaired) electrons. The maximum Gasteiger partial charge on any atom is 0.201 e. The number of unbranched alkanes of at least 4 members (excludes halogenated alkanes) is 4. The Balaban J connectivity index is 1.29. The highest BCUT2D eigenvalue weighted by Gasteiger charge is 2.31. The summed E-state index contributed by atoms with van der Waals surface area (Å²) in [5.74, 6) is 1.25. The molecule has 1 aromatic carbocycles. The summed E-state index contributed by atoms with van der Waals surface area (Å²) in [4.78, 5) is 8.86. The van der Waals surface area contributed by atoms with Gasteiger partial charge in [0.15, 0.2) is 17.4 Å². The van der Waals surface area contributed by atoms with Crippen molar-refractivity contribution in [3.8, 4) is 17.1 Å². The molecule has 5 heteroatoms. The van der Waals surface area contributed by atoms with Crippen LogP contribution in [0.3, 0.4) is 0 Å². The highest BCUT2D eigenvalue weighted by molar-refractivity contribution is 5.57. The molecule has 2 aliphatic carbocycles. The average Bonchev–Trinajstić information content (AvgIpc) is 2.94. The SMILES string of the molecule is C/C=C/C1CCC(C2CCC(c3cnc(-c4ccc(OCCCCCCC)c(F)c4F)nc3)CC2)CC1. The van der Waals surface area contributed by atoms with Gasteiger partial charge in [-0.05, 0) is 106 Å². The third kappa shape index (κ3) is 7.39. The standard InChI is InChI=1S/C32H44F2N2O/c1-3-5-6-7-8-20-37-29-19-18-28(30(33)31(29)34)32-35-21-27(22-36-32)26-16-14-25(15-17-26)24-12-10-23(9-4-2)11-13-24/h4,9,18-19,21-26H,3,5-8,10-17,20H2,1-2H3/b9-4+. The van der Waals surface area contributed by atoms with Gasteiger partial charge in [-0.3, -0.25) is 0 Å². The van der Waals surface area contributed by atoms with E-state index in [0.29, 0.717) is 12.5 Å². The molecule has 2 aromatic rings. The first kappa shape index (κ1) is 27.7. The number of halogens is 2. The summed E-state index contributed by atoms with van der Waals surface area (Å²) >= 11 is 0. The summed E-state index contributed by atoms with van der Waals surface area (Å²) in [5, 5.41) is 0. The predicted molar refractivity (Wildman–Crippen MR) is 147 cm³/mol. The van der Waals surface area contributed by atoms with Crippen LogP contribution in [0.2, 0.25) is 0 Å². The molecule has 37 heavy (non-hydrogen) atoms. The Hall–Kier alpha value is -2.30. The van der Waals surface area contributed by atoms with Crippen LogP contribution in [-0.2, 0) is 0 Å². The third-order valence-corrected chi connectivity index (χ3v) is 8.66. The molecule has 202 valence electrons. The van der Waals surface area contributed by atoms with Crippen LogP contribution in [0.15, 0.2) is 36.7 Å². The van der Waals surface area contributed by atoms with Crippen LogP contribution in [0.1, 0.15) is 109 Å². The third-order valence-electron chi connectivity index (χ3n) is 8.66. The second-order valence-corrected chi connectivity index (χ2v) is 11.2. The van der Waals surface area contributed by atoms with Gasteiger partial charge in [0.2, 0.25) is 5.82 Å². The summed E-state index contributed by atoms with van der Waals surface area (Å²) in [6.45, 7) is 4.68. The van der Waals surface area contributed by atoms with Crippen molar-refractivity contribution in [1.29, 1.82) is 0 Å². The fourth-order valence-corrected chi connectivity index (χ4v) is 6.40. The molecular formula is C32H44F2N2O. The summed E-state index contributed by atoms with van der Waals surface area (Å²) in [6.07, 6.45) is 23.9. The highest BCUT2D eigenvalue weighted by Crippen LogP contribution is 2.44. The normalized spacial score (nSPS) is 24.4. The molecule has 0 N–H and O–H groups in total. The molecule has 0 atom stereocenters. The lowest BCUT2D eigenvalue weighted by Crippen LogP contribution is -2.25. The van der Waals surface area contributed by atoms with Gasteiger partial charge in [-0.2, -0.15) is 4.39 Å². The van der Waals surface area contributed by atoms with Crippen molar-refractivity contribution in [2.45, 2.75) is 103 Å². The average molecular weight is 511 g/mol. The quantitative estimate of drug-likeness (QED) is 0.223. The number of aromatic nitrogens is 2. The summed E-state index contributed by atoms with van der Waals surface area (Å²) in [6, 6.07) is 3.01. The van der Waals surface area contributed by atoms with Crippen LogP contribution in [0, 0.1) is 29.4 Å². The van der Waals surface area contributed by atoms with E-state index in [1.165, 1.54) is 63.5 Å². The molecule has 2 fully saturated rings. The van der Waals surface area contributed by atoms with Crippen LogP contribution in [0.5, 0.6) is 5.75 Å². The first-order valence-electron chi connectivity index (χ1n) is 14.7. The Morgan fingerprint density at radius 3 is 2.14 bits per heavy atom. The zero-order valence-corrected chi connectivity index (χ0v) is 22.7. The number of hydrogen-bond donors (Lipinski definition) is 0. The predicted octanol–water partition coefficient (Wildman–Crippen LogP) is 9.43. The van der Waals surface area contributed by atoms with E-state index in [9.17, 15) is 8.78 Å². The van der Waals surface area contributed by atoms with E-state index in [4.69, 9.17) is 4.74 Å². The number of hydrogen-bond acceptors (Lipinski definition) is 3. The Kier molecular flexibility index (Phi) is 10.5. The van der Waals surface area contributed by atoms with Crippen LogP contribution < -0.4 is 4.74 Å². The molecule has 0 amide bonds.